The summed E-state index contributed by atoms with van der Waals surface area (Å²) in [5.41, 5.74) is 5.74. The molecule has 2 aromatic rings. The lowest BCUT2D eigenvalue weighted by molar-refractivity contribution is -0.140. The minimum atomic E-state index is -4.44. The summed E-state index contributed by atoms with van der Waals surface area (Å²) in [4.78, 5) is 0. The summed E-state index contributed by atoms with van der Waals surface area (Å²) in [5.74, 6) is 0. The maximum absolute atomic E-state index is 12.8. The van der Waals surface area contributed by atoms with Gasteiger partial charge in [-0.05, 0) is 39.7 Å². The summed E-state index contributed by atoms with van der Waals surface area (Å²) >= 11 is 2.00. The van der Waals surface area contributed by atoms with Gasteiger partial charge in [0, 0.05) is 11.9 Å². The number of fused-ring (bicyclic) bond motifs is 1. The molecule has 2 N–H and O–H groups in total. The number of alkyl halides is 3. The molecule has 0 aliphatic rings. The molecule has 106 valence electrons. The van der Waals surface area contributed by atoms with Crippen LogP contribution in [0.3, 0.4) is 0 Å². The average molecular weight is 403 g/mol. The van der Waals surface area contributed by atoms with E-state index in [0.717, 1.165) is 0 Å². The summed E-state index contributed by atoms with van der Waals surface area (Å²) in [5, 5.41) is 3.73. The van der Waals surface area contributed by atoms with E-state index in [9.17, 15) is 13.2 Å². The van der Waals surface area contributed by atoms with E-state index in [2.05, 4.69) is 5.10 Å². The van der Waals surface area contributed by atoms with Crippen molar-refractivity contribution in [2.75, 3.05) is 0 Å². The Hall–Kier alpha value is -0.400. The van der Waals surface area contributed by atoms with Gasteiger partial charge in [0.2, 0.25) is 0 Å². The predicted octanol–water partition coefficient (Wildman–Crippen LogP) is 4.33. The SMILES string of the molecule is CC.NCc1ccc2c(c1)c(C(F)(F)F)nn2PI. The molecule has 0 fully saturated rings. The number of rotatable bonds is 2. The first-order valence-corrected chi connectivity index (χ1v) is 9.69. The molecule has 1 atom stereocenters. The van der Waals surface area contributed by atoms with Gasteiger partial charge in [-0.2, -0.15) is 18.3 Å². The largest absolute Gasteiger partial charge is 0.435 e. The van der Waals surface area contributed by atoms with E-state index in [1.165, 1.54) is 10.5 Å². The number of nitrogens with zero attached hydrogens (tertiary/aromatic N) is 2. The summed E-state index contributed by atoms with van der Waals surface area (Å²) < 4.78 is 39.8. The molecule has 0 aliphatic heterocycles. The number of hydrogen-bond donors (Lipinski definition) is 1. The monoisotopic (exact) mass is 403 g/mol. The lowest BCUT2D eigenvalue weighted by Crippen LogP contribution is -2.06. The Bertz CT molecular complexity index is 554. The van der Waals surface area contributed by atoms with E-state index >= 15 is 0 Å². The highest BCUT2D eigenvalue weighted by atomic mass is 127. The van der Waals surface area contributed by atoms with Crippen LogP contribution in [-0.2, 0) is 12.7 Å². The molecule has 1 unspecified atom stereocenters. The number of nitrogens with two attached hydrogens (primary N) is 1. The standard InChI is InChI=1S/C9H8F3IN3P.C2H6/c10-9(11,12)8-6-3-5(4-14)1-2-7(6)16(15-8)17-13;1-2/h1-3,17H,4,14H2;1-2H3. The second-order valence-corrected chi connectivity index (χ2v) is 5.44. The highest BCUT2D eigenvalue weighted by Gasteiger charge is 2.36. The zero-order valence-electron chi connectivity index (χ0n) is 10.4. The molecule has 0 spiro atoms. The van der Waals surface area contributed by atoms with Crippen LogP contribution >= 0.6 is 28.4 Å². The van der Waals surface area contributed by atoms with Crippen molar-refractivity contribution in [1.29, 1.82) is 0 Å². The Morgan fingerprint density at radius 2 is 2.00 bits per heavy atom. The van der Waals surface area contributed by atoms with Crippen LogP contribution in [0, 0.1) is 0 Å². The fraction of sp³-hybridized carbons (Fsp3) is 0.364. The van der Waals surface area contributed by atoms with E-state index in [1.54, 1.807) is 12.1 Å². The third-order valence-electron chi connectivity index (χ3n) is 2.33. The molecule has 1 aromatic carbocycles. The van der Waals surface area contributed by atoms with Crippen LogP contribution in [0.2, 0.25) is 0 Å². The number of aromatic nitrogens is 2. The Morgan fingerprint density at radius 1 is 1.37 bits per heavy atom. The molecular formula is C11H14F3IN3P. The summed E-state index contributed by atoms with van der Waals surface area (Å²) in [6, 6.07) is 4.81. The zero-order valence-corrected chi connectivity index (χ0v) is 13.6. The molecule has 0 radical (unpaired) electrons. The minimum absolute atomic E-state index is 0.115. The van der Waals surface area contributed by atoms with Gasteiger partial charge >= 0.3 is 6.18 Å². The molecule has 2 rings (SSSR count). The van der Waals surface area contributed by atoms with Crippen LogP contribution in [-0.4, -0.2) is 9.55 Å². The Kier molecular flexibility index (Phi) is 6.01. The molecule has 0 amide bonds. The molecule has 3 nitrogen and oxygen atoms in total. The predicted molar refractivity (Wildman–Crippen MR) is 81.7 cm³/mol. The molecule has 1 aromatic heterocycles. The van der Waals surface area contributed by atoms with Gasteiger partial charge in [-0.1, -0.05) is 19.9 Å². The molecule has 8 heteroatoms. The first-order valence-electron chi connectivity index (χ1n) is 5.63. The topological polar surface area (TPSA) is 43.8 Å². The van der Waals surface area contributed by atoms with Crippen molar-refractivity contribution < 1.29 is 13.2 Å². The minimum Gasteiger partial charge on any atom is -0.326 e. The van der Waals surface area contributed by atoms with Gasteiger partial charge in [0.25, 0.3) is 0 Å². The van der Waals surface area contributed by atoms with E-state index in [0.29, 0.717) is 11.1 Å². The number of halogens is 4. The molecule has 0 bridgehead atoms. The average Bonchev–Trinajstić information content (AvgIpc) is 2.78. The van der Waals surface area contributed by atoms with Crippen LogP contribution in [0.1, 0.15) is 25.1 Å². The molecule has 0 saturated heterocycles. The van der Waals surface area contributed by atoms with Crippen LogP contribution in [0.15, 0.2) is 18.2 Å². The normalized spacial score (nSPS) is 11.9. The second-order valence-electron chi connectivity index (χ2n) is 3.40. The molecule has 19 heavy (non-hydrogen) atoms. The summed E-state index contributed by atoms with van der Waals surface area (Å²) in [6.45, 7) is 4.21. The molecule has 0 saturated carbocycles. The van der Waals surface area contributed by atoms with Crippen molar-refractivity contribution in [2.45, 2.75) is 26.6 Å². The van der Waals surface area contributed by atoms with Crippen LogP contribution < -0.4 is 5.73 Å². The Balaban J connectivity index is 0.000000861. The van der Waals surface area contributed by atoms with Crippen LogP contribution in [0.25, 0.3) is 10.9 Å². The van der Waals surface area contributed by atoms with Gasteiger partial charge in [-0.3, -0.25) is 0 Å². The quantitative estimate of drug-likeness (QED) is 0.600. The van der Waals surface area contributed by atoms with E-state index < -0.39 is 11.9 Å². The zero-order chi connectivity index (χ0) is 14.6. The van der Waals surface area contributed by atoms with Gasteiger partial charge in [-0.25, -0.2) is 4.45 Å². The number of benzene rings is 1. The fourth-order valence-corrected chi connectivity index (χ4v) is 3.09. The van der Waals surface area contributed by atoms with Crippen molar-refractivity contribution in [3.05, 3.63) is 29.5 Å². The lowest BCUT2D eigenvalue weighted by Gasteiger charge is -2.02. The summed E-state index contributed by atoms with van der Waals surface area (Å²) in [7, 11) is 0. The van der Waals surface area contributed by atoms with Crippen LogP contribution in [0.4, 0.5) is 13.2 Å². The Morgan fingerprint density at radius 3 is 2.47 bits per heavy atom. The van der Waals surface area contributed by atoms with Gasteiger partial charge in [0.05, 0.1) is 11.9 Å². The molecule has 0 aliphatic carbocycles. The first-order chi connectivity index (χ1) is 8.97. The van der Waals surface area contributed by atoms with E-state index in [-0.39, 0.29) is 18.3 Å². The van der Waals surface area contributed by atoms with Gasteiger partial charge in [0.1, 0.15) is 0 Å². The van der Waals surface area contributed by atoms with Gasteiger partial charge in [0.15, 0.2) is 5.69 Å². The van der Waals surface area contributed by atoms with Crippen molar-refractivity contribution in [1.82, 2.24) is 9.55 Å². The molecule has 1 heterocycles. The van der Waals surface area contributed by atoms with Gasteiger partial charge < -0.3 is 5.73 Å². The Labute approximate surface area is 124 Å². The summed E-state index contributed by atoms with van der Waals surface area (Å²) in [6.07, 6.45) is -4.31. The van der Waals surface area contributed by atoms with Gasteiger partial charge in [-0.15, -0.1) is 0 Å². The van der Waals surface area contributed by atoms with Crippen molar-refractivity contribution in [3.63, 3.8) is 0 Å². The van der Waals surface area contributed by atoms with Crippen molar-refractivity contribution in [2.24, 2.45) is 5.73 Å². The van der Waals surface area contributed by atoms with E-state index in [4.69, 9.17) is 5.73 Å². The van der Waals surface area contributed by atoms with E-state index in [1.807, 2.05) is 35.9 Å². The smallest absolute Gasteiger partial charge is 0.326 e. The maximum atomic E-state index is 12.8. The first kappa shape index (κ1) is 16.7. The number of hydrogen-bond acceptors (Lipinski definition) is 2. The third kappa shape index (κ3) is 3.58. The lowest BCUT2D eigenvalue weighted by atomic mass is 10.1. The maximum Gasteiger partial charge on any atom is 0.435 e. The fourth-order valence-electron chi connectivity index (χ4n) is 1.57. The second kappa shape index (κ2) is 6.85. The molecular weight excluding hydrogens is 389 g/mol. The highest BCUT2D eigenvalue weighted by molar-refractivity contribution is 14.2. The highest BCUT2D eigenvalue weighted by Crippen LogP contribution is 2.38. The van der Waals surface area contributed by atoms with Crippen molar-refractivity contribution in [3.8, 4) is 0 Å². The third-order valence-corrected chi connectivity index (χ3v) is 4.20. The van der Waals surface area contributed by atoms with Crippen LogP contribution in [0.5, 0.6) is 0 Å². The van der Waals surface area contributed by atoms with Crippen molar-refractivity contribution >= 4 is 39.3 Å².